The Morgan fingerprint density at radius 2 is 1.47 bits per heavy atom. The van der Waals surface area contributed by atoms with Crippen LogP contribution < -0.4 is 5.32 Å². The minimum Gasteiger partial charge on any atom is -0.347 e. The fourth-order valence-corrected chi connectivity index (χ4v) is 2.86. The van der Waals surface area contributed by atoms with E-state index >= 15 is 0 Å². The standard InChI is InChI=1S/C17H27NO/c1-12-8-13(2)10-14(9-12)15(19)18-17(6,7)11-16(3,4)5/h8-10H,11H2,1-7H3,(H,18,19). The third kappa shape index (κ3) is 5.46. The SMILES string of the molecule is Cc1cc(C)cc(C(=O)NC(C)(C)CC(C)(C)C)c1. The van der Waals surface area contributed by atoms with Gasteiger partial charge in [0, 0.05) is 11.1 Å². The Kier molecular flexibility index (Phi) is 4.44. The van der Waals surface area contributed by atoms with E-state index in [0.717, 1.165) is 23.1 Å². The van der Waals surface area contributed by atoms with Crippen LogP contribution in [0.5, 0.6) is 0 Å². The predicted molar refractivity (Wildman–Crippen MR) is 81.5 cm³/mol. The van der Waals surface area contributed by atoms with Crippen molar-refractivity contribution in [1.29, 1.82) is 0 Å². The summed E-state index contributed by atoms with van der Waals surface area (Å²) < 4.78 is 0. The summed E-state index contributed by atoms with van der Waals surface area (Å²) in [7, 11) is 0. The van der Waals surface area contributed by atoms with Crippen molar-refractivity contribution in [2.75, 3.05) is 0 Å². The number of hydrogen-bond acceptors (Lipinski definition) is 1. The molecule has 2 heteroatoms. The Morgan fingerprint density at radius 3 is 1.89 bits per heavy atom. The van der Waals surface area contributed by atoms with Crippen molar-refractivity contribution >= 4 is 5.91 Å². The first-order chi connectivity index (χ1) is 8.48. The summed E-state index contributed by atoms with van der Waals surface area (Å²) in [4.78, 5) is 12.3. The highest BCUT2D eigenvalue weighted by Crippen LogP contribution is 2.27. The molecule has 0 aliphatic carbocycles. The van der Waals surface area contributed by atoms with Crippen LogP contribution in [0, 0.1) is 19.3 Å². The molecule has 1 amide bonds. The number of benzene rings is 1. The fraction of sp³-hybridized carbons (Fsp3) is 0.588. The number of carbonyl (C=O) groups excluding carboxylic acids is 1. The Hall–Kier alpha value is -1.31. The Morgan fingerprint density at radius 1 is 1.00 bits per heavy atom. The maximum Gasteiger partial charge on any atom is 0.251 e. The van der Waals surface area contributed by atoms with Crippen molar-refractivity contribution in [2.24, 2.45) is 5.41 Å². The summed E-state index contributed by atoms with van der Waals surface area (Å²) in [6, 6.07) is 5.96. The van der Waals surface area contributed by atoms with Crippen LogP contribution in [0.15, 0.2) is 18.2 Å². The number of carbonyl (C=O) groups is 1. The zero-order chi connectivity index (χ0) is 14.8. The van der Waals surface area contributed by atoms with Crippen molar-refractivity contribution in [2.45, 2.75) is 60.4 Å². The van der Waals surface area contributed by atoms with E-state index < -0.39 is 0 Å². The van der Waals surface area contributed by atoms with Gasteiger partial charge in [-0.15, -0.1) is 0 Å². The molecular weight excluding hydrogens is 234 g/mol. The highest BCUT2D eigenvalue weighted by Gasteiger charge is 2.27. The van der Waals surface area contributed by atoms with E-state index in [9.17, 15) is 4.79 Å². The molecule has 0 atom stereocenters. The van der Waals surface area contributed by atoms with E-state index in [1.807, 2.05) is 26.0 Å². The molecule has 1 N–H and O–H groups in total. The maximum atomic E-state index is 12.3. The lowest BCUT2D eigenvalue weighted by Gasteiger charge is -2.33. The second-order valence-corrected chi connectivity index (χ2v) is 7.45. The highest BCUT2D eigenvalue weighted by atomic mass is 16.1. The lowest BCUT2D eigenvalue weighted by molar-refractivity contribution is 0.0891. The van der Waals surface area contributed by atoms with Gasteiger partial charge in [0.2, 0.25) is 0 Å². The molecule has 19 heavy (non-hydrogen) atoms. The number of amides is 1. The van der Waals surface area contributed by atoms with E-state index in [4.69, 9.17) is 0 Å². The normalized spacial score (nSPS) is 12.4. The van der Waals surface area contributed by atoms with Gasteiger partial charge in [-0.3, -0.25) is 4.79 Å². The van der Waals surface area contributed by atoms with Crippen LogP contribution >= 0.6 is 0 Å². The molecule has 0 spiro atoms. The van der Waals surface area contributed by atoms with Crippen molar-refractivity contribution in [3.05, 3.63) is 34.9 Å². The van der Waals surface area contributed by atoms with E-state index in [2.05, 4.69) is 46.0 Å². The van der Waals surface area contributed by atoms with Gasteiger partial charge in [-0.25, -0.2) is 0 Å². The van der Waals surface area contributed by atoms with E-state index in [1.54, 1.807) is 0 Å². The second-order valence-electron chi connectivity index (χ2n) is 7.45. The zero-order valence-corrected chi connectivity index (χ0v) is 13.3. The van der Waals surface area contributed by atoms with Crippen molar-refractivity contribution < 1.29 is 4.79 Å². The molecule has 0 aromatic heterocycles. The molecule has 0 bridgehead atoms. The number of aryl methyl sites for hydroxylation is 2. The summed E-state index contributed by atoms with van der Waals surface area (Å²) in [6.07, 6.45) is 0.941. The van der Waals surface area contributed by atoms with Gasteiger partial charge in [-0.2, -0.15) is 0 Å². The molecule has 0 heterocycles. The van der Waals surface area contributed by atoms with Crippen LogP contribution in [0.2, 0.25) is 0 Å². The van der Waals surface area contributed by atoms with Crippen molar-refractivity contribution in [3.63, 3.8) is 0 Å². The fourth-order valence-electron chi connectivity index (χ4n) is 2.86. The summed E-state index contributed by atoms with van der Waals surface area (Å²) >= 11 is 0. The molecule has 106 valence electrons. The predicted octanol–water partition coefficient (Wildman–Crippen LogP) is 4.25. The van der Waals surface area contributed by atoms with E-state index in [1.165, 1.54) is 0 Å². The second kappa shape index (κ2) is 5.36. The third-order valence-corrected chi connectivity index (χ3v) is 2.91. The van der Waals surface area contributed by atoms with Gasteiger partial charge in [-0.1, -0.05) is 38.0 Å². The number of hydrogen-bond donors (Lipinski definition) is 1. The molecule has 0 aliphatic rings. The molecule has 0 fully saturated rings. The van der Waals surface area contributed by atoms with Crippen LogP contribution in [-0.2, 0) is 0 Å². The Bertz CT molecular complexity index is 446. The molecule has 0 aliphatic heterocycles. The topological polar surface area (TPSA) is 29.1 Å². The smallest absolute Gasteiger partial charge is 0.251 e. The molecule has 1 aromatic carbocycles. The summed E-state index contributed by atoms with van der Waals surface area (Å²) in [6.45, 7) is 14.8. The van der Waals surface area contributed by atoms with Gasteiger partial charge in [-0.05, 0) is 51.7 Å². The first-order valence-electron chi connectivity index (χ1n) is 6.89. The molecule has 1 aromatic rings. The van der Waals surface area contributed by atoms with Crippen LogP contribution in [0.3, 0.4) is 0 Å². The minimum absolute atomic E-state index is 0.0149. The highest BCUT2D eigenvalue weighted by molar-refractivity contribution is 5.95. The number of nitrogens with one attached hydrogen (secondary N) is 1. The summed E-state index contributed by atoms with van der Waals surface area (Å²) in [5.74, 6) is 0.0149. The first kappa shape index (κ1) is 15.7. The lowest BCUT2D eigenvalue weighted by Crippen LogP contribution is -2.45. The Balaban J connectivity index is 2.84. The zero-order valence-electron chi connectivity index (χ0n) is 13.3. The molecule has 1 rings (SSSR count). The van der Waals surface area contributed by atoms with Crippen LogP contribution in [0.4, 0.5) is 0 Å². The lowest BCUT2D eigenvalue weighted by atomic mass is 9.81. The Labute approximate surface area is 117 Å². The van der Waals surface area contributed by atoms with E-state index in [-0.39, 0.29) is 16.9 Å². The molecule has 0 saturated carbocycles. The molecule has 2 nitrogen and oxygen atoms in total. The quantitative estimate of drug-likeness (QED) is 0.866. The summed E-state index contributed by atoms with van der Waals surface area (Å²) in [5, 5.41) is 3.14. The van der Waals surface area contributed by atoms with Gasteiger partial charge in [0.05, 0.1) is 0 Å². The average molecular weight is 261 g/mol. The van der Waals surface area contributed by atoms with Crippen molar-refractivity contribution in [1.82, 2.24) is 5.32 Å². The minimum atomic E-state index is -0.201. The van der Waals surface area contributed by atoms with Gasteiger partial charge in [0.1, 0.15) is 0 Å². The molecular formula is C17H27NO. The van der Waals surface area contributed by atoms with Crippen LogP contribution in [0.1, 0.15) is 62.5 Å². The van der Waals surface area contributed by atoms with Gasteiger partial charge < -0.3 is 5.32 Å². The maximum absolute atomic E-state index is 12.3. The van der Waals surface area contributed by atoms with Gasteiger partial charge >= 0.3 is 0 Å². The first-order valence-corrected chi connectivity index (χ1v) is 6.89. The number of rotatable bonds is 3. The van der Waals surface area contributed by atoms with Gasteiger partial charge in [0.25, 0.3) is 5.91 Å². The third-order valence-electron chi connectivity index (χ3n) is 2.91. The van der Waals surface area contributed by atoms with Crippen LogP contribution in [-0.4, -0.2) is 11.4 Å². The van der Waals surface area contributed by atoms with Gasteiger partial charge in [0.15, 0.2) is 0 Å². The van der Waals surface area contributed by atoms with Crippen LogP contribution in [0.25, 0.3) is 0 Å². The summed E-state index contributed by atoms with van der Waals surface area (Å²) in [5.41, 5.74) is 2.99. The molecule has 0 unspecified atom stereocenters. The molecule has 0 radical (unpaired) electrons. The molecule has 0 saturated heterocycles. The largest absolute Gasteiger partial charge is 0.347 e. The van der Waals surface area contributed by atoms with E-state index in [0.29, 0.717) is 0 Å². The monoisotopic (exact) mass is 261 g/mol. The van der Waals surface area contributed by atoms with Crippen molar-refractivity contribution in [3.8, 4) is 0 Å². The average Bonchev–Trinajstić information content (AvgIpc) is 2.10.